The Hall–Kier alpha value is -2.76. The molecule has 0 aliphatic rings. The van der Waals surface area contributed by atoms with E-state index >= 15 is 0 Å². The fourth-order valence-corrected chi connectivity index (χ4v) is 3.83. The predicted octanol–water partition coefficient (Wildman–Crippen LogP) is 1.98. The first-order valence-electron chi connectivity index (χ1n) is 8.31. The van der Waals surface area contributed by atoms with Gasteiger partial charge in [-0.05, 0) is 42.5 Å². The number of thiophene rings is 1. The summed E-state index contributed by atoms with van der Waals surface area (Å²) in [5, 5.41) is 11.8. The first-order chi connectivity index (χ1) is 13.6. The Morgan fingerprint density at radius 3 is 2.82 bits per heavy atom. The van der Waals surface area contributed by atoms with Crippen LogP contribution in [0.3, 0.4) is 0 Å². The van der Waals surface area contributed by atoms with Crippen LogP contribution in [0.25, 0.3) is 0 Å². The van der Waals surface area contributed by atoms with Gasteiger partial charge in [-0.1, -0.05) is 17.3 Å². The minimum Gasteiger partial charge on any atom is -0.755 e. The topological polar surface area (TPSA) is 112 Å². The summed E-state index contributed by atoms with van der Waals surface area (Å²) in [6, 6.07) is 9.07. The Labute approximate surface area is 168 Å². The Morgan fingerprint density at radius 2 is 2.18 bits per heavy atom. The lowest BCUT2D eigenvalue weighted by Gasteiger charge is -2.23. The van der Waals surface area contributed by atoms with Crippen molar-refractivity contribution in [2.45, 2.75) is 25.9 Å². The van der Waals surface area contributed by atoms with E-state index in [0.717, 1.165) is 5.56 Å². The van der Waals surface area contributed by atoms with Crippen LogP contribution in [0.4, 0.5) is 5.69 Å². The summed E-state index contributed by atoms with van der Waals surface area (Å²) in [6.07, 6.45) is 2.91. The molecule has 148 valence electrons. The second-order valence-corrected chi connectivity index (χ2v) is 7.62. The number of nitrogens with one attached hydrogen (secondary N) is 1. The molecule has 1 N–H and O–H groups in total. The first-order valence-corrected chi connectivity index (χ1v) is 10.3. The second kappa shape index (κ2) is 9.44. The van der Waals surface area contributed by atoms with Gasteiger partial charge in [0.15, 0.2) is 5.75 Å². The molecule has 3 rings (SSSR count). The predicted molar refractivity (Wildman–Crippen MR) is 104 cm³/mol. The largest absolute Gasteiger partial charge is 0.755 e. The van der Waals surface area contributed by atoms with Crippen molar-refractivity contribution in [1.29, 1.82) is 0 Å². The summed E-state index contributed by atoms with van der Waals surface area (Å²) in [4.78, 5) is 15.2. The van der Waals surface area contributed by atoms with Crippen molar-refractivity contribution < 1.29 is 18.4 Å². The zero-order valence-electron chi connectivity index (χ0n) is 14.9. The smallest absolute Gasteiger partial charge is 0.239 e. The summed E-state index contributed by atoms with van der Waals surface area (Å²) < 4.78 is 26.0. The van der Waals surface area contributed by atoms with Crippen molar-refractivity contribution in [3.05, 3.63) is 58.5 Å². The van der Waals surface area contributed by atoms with Crippen molar-refractivity contribution in [3.63, 3.8) is 0 Å². The number of hydrogen-bond acceptors (Lipinski definition) is 7. The molecule has 0 bridgehead atoms. The van der Waals surface area contributed by atoms with Gasteiger partial charge in [0.25, 0.3) is 0 Å². The highest BCUT2D eigenvalue weighted by atomic mass is 32.2. The van der Waals surface area contributed by atoms with E-state index in [-0.39, 0.29) is 12.6 Å². The fraction of sp³-hybridized carbons (Fsp3) is 0.235. The molecule has 2 aromatic heterocycles. The number of rotatable bonds is 10. The lowest BCUT2D eigenvalue weighted by atomic mass is 10.1. The van der Waals surface area contributed by atoms with Crippen LogP contribution in [0.1, 0.15) is 24.2 Å². The van der Waals surface area contributed by atoms with Gasteiger partial charge in [-0.2, -0.15) is 16.8 Å². The molecule has 0 spiro atoms. The van der Waals surface area contributed by atoms with Gasteiger partial charge in [-0.15, -0.1) is 5.10 Å². The van der Waals surface area contributed by atoms with Crippen molar-refractivity contribution in [2.75, 3.05) is 4.31 Å². The molecular formula is C17H18N5O4S2-. The minimum absolute atomic E-state index is 0.0217. The Morgan fingerprint density at radius 1 is 1.39 bits per heavy atom. The third kappa shape index (κ3) is 5.15. The summed E-state index contributed by atoms with van der Waals surface area (Å²) in [7, 11) is 0. The van der Waals surface area contributed by atoms with E-state index in [1.54, 1.807) is 34.5 Å². The van der Waals surface area contributed by atoms with Crippen LogP contribution in [0.15, 0.2) is 47.3 Å². The number of amides is 1. The van der Waals surface area contributed by atoms with E-state index in [1.165, 1.54) is 15.6 Å². The van der Waals surface area contributed by atoms with Gasteiger partial charge in [-0.3, -0.25) is 13.3 Å². The maximum absolute atomic E-state index is 11.5. The quantitative estimate of drug-likeness (QED) is 0.305. The van der Waals surface area contributed by atoms with Gasteiger partial charge in [-0.25, -0.2) is 4.68 Å². The van der Waals surface area contributed by atoms with Crippen molar-refractivity contribution >= 4 is 34.7 Å². The molecular weight excluding hydrogens is 402 g/mol. The molecule has 0 aliphatic carbocycles. The monoisotopic (exact) mass is 420 g/mol. The molecule has 11 heteroatoms. The maximum Gasteiger partial charge on any atom is 0.239 e. The Bertz CT molecular complexity index is 914. The summed E-state index contributed by atoms with van der Waals surface area (Å²) in [5.74, 6) is 0.533. The number of carbonyl (C=O) groups excluding carboxylic acids is 1. The van der Waals surface area contributed by atoms with Gasteiger partial charge in [0.1, 0.15) is 5.69 Å². The number of anilines is 1. The average molecular weight is 420 g/mol. The van der Waals surface area contributed by atoms with Crippen LogP contribution in [-0.4, -0.2) is 30.2 Å². The minimum atomic E-state index is -2.40. The number of carbonyl (C=O) groups is 1. The second-order valence-electron chi connectivity index (χ2n) is 5.96. The molecule has 2 atom stereocenters. The standard InChI is InChI=1S/C17H19N5O4S2/c1-13(8-14-2-4-17(5-3-14)26-18-12-23)21-9-15(19-20-21)10-22(28(24)25)16-6-7-27-11-16/h2-7,9,11-13H,8,10H2,1H3,(H,18,23)(H,24,25)/p-1/t13-/m0/s1. The molecule has 3 aromatic rings. The van der Waals surface area contributed by atoms with Crippen LogP contribution in [0, 0.1) is 0 Å². The molecule has 2 heterocycles. The highest BCUT2D eigenvalue weighted by molar-refractivity contribution is 7.80. The maximum atomic E-state index is 11.5. The van der Waals surface area contributed by atoms with Crippen molar-refractivity contribution in [3.8, 4) is 5.75 Å². The molecule has 0 radical (unpaired) electrons. The number of aromatic nitrogens is 3. The number of benzene rings is 1. The van der Waals surface area contributed by atoms with Crippen molar-refractivity contribution in [1.82, 2.24) is 20.5 Å². The van der Waals surface area contributed by atoms with Gasteiger partial charge in [0.2, 0.25) is 6.41 Å². The molecule has 9 nitrogen and oxygen atoms in total. The SMILES string of the molecule is C[C@@H](Cc1ccc(ONC=O)cc1)n1cc(CN(c2ccsc2)S(=O)[O-])nn1. The van der Waals surface area contributed by atoms with Gasteiger partial charge >= 0.3 is 0 Å². The third-order valence-electron chi connectivity index (χ3n) is 3.97. The van der Waals surface area contributed by atoms with E-state index in [0.29, 0.717) is 30.0 Å². The molecule has 0 saturated carbocycles. The van der Waals surface area contributed by atoms with E-state index in [1.807, 2.05) is 24.4 Å². The van der Waals surface area contributed by atoms with Crippen LogP contribution < -0.4 is 14.6 Å². The summed E-state index contributed by atoms with van der Waals surface area (Å²) in [6.45, 7) is 2.12. The van der Waals surface area contributed by atoms with Gasteiger partial charge in [0.05, 0.1) is 24.5 Å². The van der Waals surface area contributed by atoms with E-state index in [4.69, 9.17) is 4.84 Å². The van der Waals surface area contributed by atoms with E-state index < -0.39 is 11.3 Å². The van der Waals surface area contributed by atoms with Crippen LogP contribution in [0.5, 0.6) is 5.75 Å². The molecule has 0 saturated heterocycles. The molecule has 1 unspecified atom stereocenters. The normalized spacial score (nSPS) is 12.9. The lowest BCUT2D eigenvalue weighted by Crippen LogP contribution is -2.24. The van der Waals surface area contributed by atoms with E-state index in [2.05, 4.69) is 15.8 Å². The Balaban J connectivity index is 1.62. The molecule has 0 aliphatic heterocycles. The number of nitrogens with zero attached hydrogens (tertiary/aromatic N) is 4. The zero-order valence-corrected chi connectivity index (χ0v) is 16.6. The Kier molecular flexibility index (Phi) is 6.74. The van der Waals surface area contributed by atoms with Gasteiger partial charge < -0.3 is 9.39 Å². The molecule has 28 heavy (non-hydrogen) atoms. The number of hydroxylamine groups is 1. The van der Waals surface area contributed by atoms with Crippen molar-refractivity contribution in [2.24, 2.45) is 0 Å². The molecule has 1 amide bonds. The molecule has 0 fully saturated rings. The lowest BCUT2D eigenvalue weighted by molar-refractivity contribution is -0.115. The van der Waals surface area contributed by atoms with Crippen LogP contribution in [0.2, 0.25) is 0 Å². The van der Waals surface area contributed by atoms with Gasteiger partial charge in [0, 0.05) is 16.6 Å². The zero-order chi connectivity index (χ0) is 19.9. The van der Waals surface area contributed by atoms with Crippen LogP contribution >= 0.6 is 11.3 Å². The first kappa shape index (κ1) is 20.0. The summed E-state index contributed by atoms with van der Waals surface area (Å²) >= 11 is -0.971. The highest BCUT2D eigenvalue weighted by Crippen LogP contribution is 2.22. The highest BCUT2D eigenvalue weighted by Gasteiger charge is 2.14. The molecule has 1 aromatic carbocycles. The third-order valence-corrected chi connectivity index (χ3v) is 5.34. The summed E-state index contributed by atoms with van der Waals surface area (Å²) in [5.41, 5.74) is 4.36. The van der Waals surface area contributed by atoms with E-state index in [9.17, 15) is 13.6 Å². The fourth-order valence-electron chi connectivity index (χ4n) is 2.60. The number of hydrogen-bond donors (Lipinski definition) is 1. The van der Waals surface area contributed by atoms with Crippen LogP contribution in [-0.2, 0) is 29.0 Å². The average Bonchev–Trinajstić information content (AvgIpc) is 3.37.